The maximum Gasteiger partial charge on any atom is 0.143 e. The van der Waals surface area contributed by atoms with Gasteiger partial charge in [0.05, 0.1) is 0 Å². The van der Waals surface area contributed by atoms with Crippen molar-refractivity contribution in [3.63, 3.8) is 0 Å². The van der Waals surface area contributed by atoms with Crippen LogP contribution >= 0.6 is 11.3 Å². The van der Waals surface area contributed by atoms with Crippen LogP contribution in [0.1, 0.15) is 43.5 Å². The molecule has 1 saturated carbocycles. The molecule has 1 fully saturated rings. The van der Waals surface area contributed by atoms with Gasteiger partial charge in [-0.15, -0.1) is 0 Å². The lowest BCUT2D eigenvalue weighted by Gasteiger charge is -2.28. The van der Waals surface area contributed by atoms with E-state index in [1.54, 1.807) is 11.3 Å². The summed E-state index contributed by atoms with van der Waals surface area (Å²) in [5, 5.41) is 1.21. The smallest absolute Gasteiger partial charge is 0.143 e. The van der Waals surface area contributed by atoms with E-state index >= 15 is 0 Å². The second-order valence-corrected chi connectivity index (χ2v) is 6.22. The Morgan fingerprint density at radius 2 is 2.00 bits per heavy atom. The van der Waals surface area contributed by atoms with Crippen LogP contribution < -0.4 is 5.73 Å². The molecule has 3 rings (SSSR count). The Balaban J connectivity index is 2.03. The molecule has 3 nitrogen and oxygen atoms in total. The van der Waals surface area contributed by atoms with Crippen LogP contribution in [0.5, 0.6) is 0 Å². The molecule has 0 aliphatic heterocycles. The molecule has 2 aromatic heterocycles. The Morgan fingerprint density at radius 3 is 2.67 bits per heavy atom. The minimum Gasteiger partial charge on any atom is -0.329 e. The van der Waals surface area contributed by atoms with Crippen molar-refractivity contribution in [2.45, 2.75) is 43.9 Å². The Kier molecular flexibility index (Phi) is 3.31. The predicted molar refractivity (Wildman–Crippen MR) is 75.8 cm³/mol. The average Bonchev–Trinajstić information content (AvgIpc) is 2.70. The maximum atomic E-state index is 6.11. The van der Waals surface area contributed by atoms with Crippen molar-refractivity contribution in [1.29, 1.82) is 0 Å². The molecular formula is C14H19N3S. The largest absolute Gasteiger partial charge is 0.329 e. The van der Waals surface area contributed by atoms with Crippen molar-refractivity contribution >= 4 is 21.7 Å². The number of rotatable bonds is 2. The molecule has 0 atom stereocenters. The van der Waals surface area contributed by atoms with Gasteiger partial charge >= 0.3 is 0 Å². The Hall–Kier alpha value is -1.00. The second-order valence-electron chi connectivity index (χ2n) is 5.25. The van der Waals surface area contributed by atoms with Crippen molar-refractivity contribution in [3.05, 3.63) is 23.3 Å². The molecule has 0 unspecified atom stereocenters. The first kappa shape index (κ1) is 12.1. The normalized spacial score (nSPS) is 19.8. The molecule has 96 valence electrons. The number of nitrogens with two attached hydrogens (primary N) is 1. The lowest BCUT2D eigenvalue weighted by atomic mass is 9.81. The fraction of sp³-hybridized carbons (Fsp3) is 0.571. The second kappa shape index (κ2) is 4.94. The summed E-state index contributed by atoms with van der Waals surface area (Å²) in [5.74, 6) is 0. The van der Waals surface area contributed by atoms with Gasteiger partial charge in [-0.05, 0) is 25.0 Å². The van der Waals surface area contributed by atoms with Crippen molar-refractivity contribution in [2.24, 2.45) is 5.73 Å². The maximum absolute atomic E-state index is 6.11. The zero-order chi connectivity index (χ0) is 12.4. The van der Waals surface area contributed by atoms with E-state index in [4.69, 9.17) is 10.7 Å². The van der Waals surface area contributed by atoms with Gasteiger partial charge in [0, 0.05) is 18.2 Å². The van der Waals surface area contributed by atoms with Gasteiger partial charge in [-0.2, -0.15) is 0 Å². The van der Waals surface area contributed by atoms with Crippen LogP contribution in [0.15, 0.2) is 18.3 Å². The van der Waals surface area contributed by atoms with Gasteiger partial charge in [-0.25, -0.2) is 9.97 Å². The van der Waals surface area contributed by atoms with Crippen LogP contribution in [0.2, 0.25) is 0 Å². The third-order valence-corrected chi connectivity index (χ3v) is 5.30. The molecule has 2 N–H and O–H groups in total. The number of hydrogen-bond acceptors (Lipinski definition) is 4. The van der Waals surface area contributed by atoms with Gasteiger partial charge in [-0.3, -0.25) is 0 Å². The van der Waals surface area contributed by atoms with E-state index in [1.165, 1.54) is 43.5 Å². The molecule has 18 heavy (non-hydrogen) atoms. The SMILES string of the molecule is NCC1(c2nc3cccnc3s2)CCCCCC1. The summed E-state index contributed by atoms with van der Waals surface area (Å²) in [6.45, 7) is 0.715. The minimum atomic E-state index is 0.113. The molecule has 0 spiro atoms. The van der Waals surface area contributed by atoms with Gasteiger partial charge in [0.25, 0.3) is 0 Å². The van der Waals surface area contributed by atoms with Gasteiger partial charge in [-0.1, -0.05) is 37.0 Å². The van der Waals surface area contributed by atoms with Crippen molar-refractivity contribution < 1.29 is 0 Å². The molecule has 1 aliphatic rings. The summed E-state index contributed by atoms with van der Waals surface area (Å²) in [7, 11) is 0. The Bertz CT molecular complexity index is 494. The molecule has 2 aromatic rings. The van der Waals surface area contributed by atoms with Crippen LogP contribution in [0, 0.1) is 0 Å². The third kappa shape index (κ3) is 2.04. The first-order valence-corrected chi connectivity index (χ1v) is 7.58. The number of thiazole rings is 1. The van der Waals surface area contributed by atoms with E-state index in [9.17, 15) is 0 Å². The molecule has 0 saturated heterocycles. The van der Waals surface area contributed by atoms with Crippen LogP contribution in [0.25, 0.3) is 10.3 Å². The van der Waals surface area contributed by atoms with E-state index in [2.05, 4.69) is 4.98 Å². The molecule has 2 heterocycles. The van der Waals surface area contributed by atoms with Crippen LogP contribution in [-0.2, 0) is 5.41 Å². The lowest BCUT2D eigenvalue weighted by molar-refractivity contribution is 0.380. The number of nitrogens with zero attached hydrogens (tertiary/aromatic N) is 2. The topological polar surface area (TPSA) is 51.8 Å². The molecule has 0 amide bonds. The summed E-state index contributed by atoms with van der Waals surface area (Å²) in [6.07, 6.45) is 9.44. The molecule has 0 radical (unpaired) electrons. The predicted octanol–water partition coefficient (Wildman–Crippen LogP) is 3.24. The van der Waals surface area contributed by atoms with Gasteiger partial charge in [0.2, 0.25) is 0 Å². The third-order valence-electron chi connectivity index (χ3n) is 4.07. The average molecular weight is 261 g/mol. The first-order chi connectivity index (χ1) is 8.84. The Morgan fingerprint density at radius 1 is 1.22 bits per heavy atom. The summed E-state index contributed by atoms with van der Waals surface area (Å²) < 4.78 is 0. The van der Waals surface area contributed by atoms with Crippen LogP contribution in [-0.4, -0.2) is 16.5 Å². The minimum absolute atomic E-state index is 0.113. The molecule has 4 heteroatoms. The van der Waals surface area contributed by atoms with Crippen LogP contribution in [0.3, 0.4) is 0 Å². The zero-order valence-electron chi connectivity index (χ0n) is 10.6. The molecule has 1 aliphatic carbocycles. The summed E-state index contributed by atoms with van der Waals surface area (Å²) >= 11 is 1.73. The van der Waals surface area contributed by atoms with Gasteiger partial charge < -0.3 is 5.73 Å². The van der Waals surface area contributed by atoms with Crippen LogP contribution in [0.4, 0.5) is 0 Å². The van der Waals surface area contributed by atoms with Crippen molar-refractivity contribution in [1.82, 2.24) is 9.97 Å². The highest BCUT2D eigenvalue weighted by atomic mass is 32.1. The highest BCUT2D eigenvalue weighted by molar-refractivity contribution is 7.18. The number of pyridine rings is 1. The number of fused-ring (bicyclic) bond motifs is 1. The van der Waals surface area contributed by atoms with Crippen molar-refractivity contribution in [2.75, 3.05) is 6.54 Å². The zero-order valence-corrected chi connectivity index (χ0v) is 11.4. The molecule has 0 aromatic carbocycles. The van der Waals surface area contributed by atoms with Crippen molar-refractivity contribution in [3.8, 4) is 0 Å². The summed E-state index contributed by atoms with van der Waals surface area (Å²) in [4.78, 5) is 10.2. The highest BCUT2D eigenvalue weighted by Crippen LogP contribution is 2.40. The standard InChI is InChI=1S/C14H19N3S/c15-10-14(7-3-1-2-4-8-14)13-17-11-6-5-9-16-12(11)18-13/h5-6,9H,1-4,7-8,10,15H2. The lowest BCUT2D eigenvalue weighted by Crippen LogP contribution is -2.34. The van der Waals surface area contributed by atoms with E-state index in [0.717, 1.165) is 10.3 Å². The molecule has 0 bridgehead atoms. The summed E-state index contributed by atoms with van der Waals surface area (Å²) in [5.41, 5.74) is 7.24. The number of aromatic nitrogens is 2. The Labute approximate surface area is 111 Å². The monoisotopic (exact) mass is 261 g/mol. The highest BCUT2D eigenvalue weighted by Gasteiger charge is 2.34. The van der Waals surface area contributed by atoms with E-state index < -0.39 is 0 Å². The summed E-state index contributed by atoms with van der Waals surface area (Å²) in [6, 6.07) is 4.00. The van der Waals surface area contributed by atoms with Gasteiger partial charge in [0.1, 0.15) is 15.4 Å². The quantitative estimate of drug-likeness (QED) is 0.844. The first-order valence-electron chi connectivity index (χ1n) is 6.76. The van der Waals surface area contributed by atoms with Gasteiger partial charge in [0.15, 0.2) is 0 Å². The van der Waals surface area contributed by atoms with E-state index in [-0.39, 0.29) is 5.41 Å². The van der Waals surface area contributed by atoms with E-state index in [0.29, 0.717) is 6.54 Å². The number of hydrogen-bond donors (Lipinski definition) is 1. The fourth-order valence-electron chi connectivity index (χ4n) is 2.91. The fourth-order valence-corrected chi connectivity index (χ4v) is 4.07. The molecular weight excluding hydrogens is 242 g/mol. The van der Waals surface area contributed by atoms with E-state index in [1.807, 2.05) is 18.3 Å².